The van der Waals surface area contributed by atoms with Gasteiger partial charge in [0.15, 0.2) is 0 Å². The largest absolute Gasteiger partial charge is 0.469 e. The molecule has 124 valence electrons. The molecule has 0 atom stereocenters. The summed E-state index contributed by atoms with van der Waals surface area (Å²) in [5.74, 6) is 0.279. The van der Waals surface area contributed by atoms with E-state index in [1.165, 1.54) is 45.6 Å². The van der Waals surface area contributed by atoms with Crippen LogP contribution in [0.4, 0.5) is 0 Å². The highest BCUT2D eigenvalue weighted by Crippen LogP contribution is 2.11. The molecule has 0 aromatic carbocycles. The minimum absolute atomic E-state index is 0.134. The van der Waals surface area contributed by atoms with Crippen molar-refractivity contribution in [2.45, 2.75) is 96.8 Å². The zero-order valence-electron chi connectivity index (χ0n) is 14.1. The van der Waals surface area contributed by atoms with Crippen LogP contribution in [0.2, 0.25) is 0 Å². The number of carbonyl (C=O) groups excluding carboxylic acids is 2. The maximum absolute atomic E-state index is 11.7. The van der Waals surface area contributed by atoms with Gasteiger partial charge < -0.3 is 4.74 Å². The fourth-order valence-electron chi connectivity index (χ4n) is 2.45. The number of hydrogen-bond donors (Lipinski definition) is 0. The molecule has 0 rings (SSSR count). The first kappa shape index (κ1) is 20.1. The number of carbonyl (C=O) groups is 2. The van der Waals surface area contributed by atoms with Crippen LogP contribution in [0.15, 0.2) is 0 Å². The fourth-order valence-corrected chi connectivity index (χ4v) is 2.45. The summed E-state index contributed by atoms with van der Waals surface area (Å²) in [5.41, 5.74) is 0. The second kappa shape index (κ2) is 15.5. The predicted octanol–water partition coefficient (Wildman–Crippen LogP) is 5.21. The summed E-state index contributed by atoms with van der Waals surface area (Å²) in [4.78, 5) is 22.6. The summed E-state index contributed by atoms with van der Waals surface area (Å²) in [7, 11) is 1.42. The molecular weight excluding hydrogens is 264 g/mol. The van der Waals surface area contributed by atoms with Gasteiger partial charge in [-0.3, -0.25) is 9.59 Å². The molecule has 0 radical (unpaired) electrons. The molecule has 0 aliphatic rings. The lowest BCUT2D eigenvalue weighted by atomic mass is 10.0. The van der Waals surface area contributed by atoms with E-state index < -0.39 is 0 Å². The van der Waals surface area contributed by atoms with Crippen molar-refractivity contribution in [3.63, 3.8) is 0 Å². The molecule has 0 aromatic rings. The van der Waals surface area contributed by atoms with Crippen LogP contribution in [0.25, 0.3) is 0 Å². The molecule has 3 nitrogen and oxygen atoms in total. The predicted molar refractivity (Wildman–Crippen MR) is 87.3 cm³/mol. The number of unbranched alkanes of at least 4 members (excludes halogenated alkanes) is 9. The Kier molecular flexibility index (Phi) is 14.9. The summed E-state index contributed by atoms with van der Waals surface area (Å²) >= 11 is 0. The minimum atomic E-state index is -0.134. The van der Waals surface area contributed by atoms with Gasteiger partial charge in [0, 0.05) is 19.3 Å². The molecule has 0 spiro atoms. The summed E-state index contributed by atoms with van der Waals surface area (Å²) < 4.78 is 4.59. The summed E-state index contributed by atoms with van der Waals surface area (Å²) in [6.45, 7) is 2.23. The molecule has 0 saturated heterocycles. The highest BCUT2D eigenvalue weighted by molar-refractivity contribution is 5.78. The number of rotatable bonds is 15. The van der Waals surface area contributed by atoms with Crippen LogP contribution in [0.5, 0.6) is 0 Å². The van der Waals surface area contributed by atoms with Gasteiger partial charge in [-0.1, -0.05) is 58.3 Å². The smallest absolute Gasteiger partial charge is 0.305 e. The van der Waals surface area contributed by atoms with Crippen molar-refractivity contribution in [1.29, 1.82) is 0 Å². The Morgan fingerprint density at radius 2 is 1.10 bits per heavy atom. The quantitative estimate of drug-likeness (QED) is 0.308. The summed E-state index contributed by atoms with van der Waals surface area (Å²) in [6, 6.07) is 0. The van der Waals surface area contributed by atoms with E-state index in [0.717, 1.165) is 38.5 Å². The first-order chi connectivity index (χ1) is 10.2. The average Bonchev–Trinajstić information content (AvgIpc) is 2.49. The van der Waals surface area contributed by atoms with Crippen LogP contribution in [0.3, 0.4) is 0 Å². The molecule has 0 aliphatic heterocycles. The summed E-state index contributed by atoms with van der Waals surface area (Å²) in [6.07, 6.45) is 14.7. The van der Waals surface area contributed by atoms with Crippen LogP contribution in [-0.2, 0) is 14.3 Å². The first-order valence-corrected chi connectivity index (χ1v) is 8.79. The van der Waals surface area contributed by atoms with E-state index in [1.807, 2.05) is 0 Å². The third-order valence-electron chi connectivity index (χ3n) is 3.87. The van der Waals surface area contributed by atoms with Crippen molar-refractivity contribution in [3.8, 4) is 0 Å². The first-order valence-electron chi connectivity index (χ1n) is 8.79. The van der Waals surface area contributed by atoms with Crippen LogP contribution < -0.4 is 0 Å². The van der Waals surface area contributed by atoms with Crippen LogP contribution >= 0.6 is 0 Å². The molecule has 0 saturated carbocycles. The Morgan fingerprint density at radius 3 is 1.57 bits per heavy atom. The number of methoxy groups -OCH3 is 1. The molecule has 21 heavy (non-hydrogen) atoms. The van der Waals surface area contributed by atoms with Gasteiger partial charge in [-0.2, -0.15) is 0 Å². The van der Waals surface area contributed by atoms with Gasteiger partial charge in [-0.05, 0) is 19.3 Å². The monoisotopic (exact) mass is 298 g/mol. The number of hydrogen-bond acceptors (Lipinski definition) is 3. The number of Topliss-reactive ketones (excluding diaryl/α,β-unsaturated/α-hetero) is 1. The second-order valence-corrected chi connectivity index (χ2v) is 5.90. The standard InChI is InChI=1S/C18H34O3/c1-3-4-5-6-7-8-11-14-17(19)15-12-9-10-13-16-18(20)21-2/h3-16H2,1-2H3. The lowest BCUT2D eigenvalue weighted by Gasteiger charge is -2.03. The Balaban J connectivity index is 3.22. The molecule has 0 aliphatic carbocycles. The zero-order valence-corrected chi connectivity index (χ0v) is 14.1. The molecular formula is C18H34O3. The van der Waals surface area contributed by atoms with E-state index in [9.17, 15) is 9.59 Å². The Morgan fingerprint density at radius 1 is 0.667 bits per heavy atom. The molecule has 0 aromatic heterocycles. The fraction of sp³-hybridized carbons (Fsp3) is 0.889. The zero-order chi connectivity index (χ0) is 15.8. The molecule has 3 heteroatoms. The van der Waals surface area contributed by atoms with Gasteiger partial charge in [0.1, 0.15) is 5.78 Å². The minimum Gasteiger partial charge on any atom is -0.469 e. The van der Waals surface area contributed by atoms with Gasteiger partial charge in [0.2, 0.25) is 0 Å². The third-order valence-corrected chi connectivity index (χ3v) is 3.87. The van der Waals surface area contributed by atoms with Gasteiger partial charge >= 0.3 is 5.97 Å². The van der Waals surface area contributed by atoms with Crippen molar-refractivity contribution < 1.29 is 14.3 Å². The van der Waals surface area contributed by atoms with Crippen molar-refractivity contribution in [1.82, 2.24) is 0 Å². The Bertz CT molecular complexity index is 261. The van der Waals surface area contributed by atoms with E-state index in [0.29, 0.717) is 18.6 Å². The molecule has 0 heterocycles. The Labute approximate surface area is 130 Å². The van der Waals surface area contributed by atoms with Crippen LogP contribution in [-0.4, -0.2) is 18.9 Å². The van der Waals surface area contributed by atoms with Gasteiger partial charge in [-0.25, -0.2) is 0 Å². The lowest BCUT2D eigenvalue weighted by molar-refractivity contribution is -0.140. The van der Waals surface area contributed by atoms with Crippen molar-refractivity contribution in [2.75, 3.05) is 7.11 Å². The van der Waals surface area contributed by atoms with E-state index >= 15 is 0 Å². The highest BCUT2D eigenvalue weighted by Gasteiger charge is 2.03. The van der Waals surface area contributed by atoms with Crippen molar-refractivity contribution in [3.05, 3.63) is 0 Å². The Hall–Kier alpha value is -0.860. The number of esters is 1. The highest BCUT2D eigenvalue weighted by atomic mass is 16.5. The summed E-state index contributed by atoms with van der Waals surface area (Å²) in [5, 5.41) is 0. The van der Waals surface area contributed by atoms with Crippen molar-refractivity contribution >= 4 is 11.8 Å². The molecule has 0 amide bonds. The molecule has 0 N–H and O–H groups in total. The molecule has 0 unspecified atom stereocenters. The molecule has 0 fully saturated rings. The topological polar surface area (TPSA) is 43.4 Å². The second-order valence-electron chi connectivity index (χ2n) is 5.90. The maximum atomic E-state index is 11.7. The average molecular weight is 298 g/mol. The van der Waals surface area contributed by atoms with E-state index in [2.05, 4.69) is 11.7 Å². The number of ketones is 1. The third kappa shape index (κ3) is 15.3. The normalized spacial score (nSPS) is 10.6. The van der Waals surface area contributed by atoms with E-state index in [1.54, 1.807) is 0 Å². The van der Waals surface area contributed by atoms with Crippen LogP contribution in [0, 0.1) is 0 Å². The SMILES string of the molecule is CCCCCCCCCC(=O)CCCCCCC(=O)OC. The van der Waals surface area contributed by atoms with Crippen molar-refractivity contribution in [2.24, 2.45) is 0 Å². The number of ether oxygens (including phenoxy) is 1. The maximum Gasteiger partial charge on any atom is 0.305 e. The van der Waals surface area contributed by atoms with Crippen LogP contribution in [0.1, 0.15) is 96.8 Å². The molecule has 0 bridgehead atoms. The van der Waals surface area contributed by atoms with Gasteiger partial charge in [0.25, 0.3) is 0 Å². The van der Waals surface area contributed by atoms with E-state index in [-0.39, 0.29) is 5.97 Å². The van der Waals surface area contributed by atoms with Gasteiger partial charge in [-0.15, -0.1) is 0 Å². The van der Waals surface area contributed by atoms with E-state index in [4.69, 9.17) is 0 Å². The van der Waals surface area contributed by atoms with Gasteiger partial charge in [0.05, 0.1) is 7.11 Å². The lowest BCUT2D eigenvalue weighted by Crippen LogP contribution is -2.00.